The first-order valence-corrected chi connectivity index (χ1v) is 7.15. The molecule has 0 amide bonds. The first-order chi connectivity index (χ1) is 9.28. The Labute approximate surface area is 116 Å². The number of thiazole rings is 1. The molecule has 1 unspecified atom stereocenters. The molecule has 0 saturated heterocycles. The zero-order chi connectivity index (χ0) is 13.2. The maximum atomic E-state index is 4.67. The van der Waals surface area contributed by atoms with Gasteiger partial charge in [-0.25, -0.2) is 9.97 Å². The van der Waals surface area contributed by atoms with Gasteiger partial charge >= 0.3 is 0 Å². The van der Waals surface area contributed by atoms with Gasteiger partial charge in [-0.15, -0.1) is 11.3 Å². The van der Waals surface area contributed by atoms with Crippen molar-refractivity contribution in [3.8, 4) is 10.7 Å². The van der Waals surface area contributed by atoms with Gasteiger partial charge in [-0.2, -0.15) is 0 Å². The van der Waals surface area contributed by atoms with Crippen LogP contribution in [-0.4, -0.2) is 17.0 Å². The van der Waals surface area contributed by atoms with Gasteiger partial charge in [0.25, 0.3) is 0 Å². The van der Waals surface area contributed by atoms with E-state index < -0.39 is 0 Å². The molecule has 4 heteroatoms. The number of para-hydroxylation sites is 1. The van der Waals surface area contributed by atoms with Crippen molar-refractivity contribution < 1.29 is 0 Å². The third kappa shape index (κ3) is 2.37. The van der Waals surface area contributed by atoms with Crippen LogP contribution in [0.2, 0.25) is 0 Å². The number of rotatable bonds is 3. The molecule has 19 heavy (non-hydrogen) atoms. The van der Waals surface area contributed by atoms with Crippen molar-refractivity contribution >= 4 is 22.2 Å². The van der Waals surface area contributed by atoms with E-state index in [1.165, 1.54) is 0 Å². The minimum absolute atomic E-state index is 0.269. The molecule has 2 heterocycles. The standard InChI is InChI=1S/C15H15N3S/c1-10(16-2)14-9-19-15(18-14)13-8-7-11-5-3-4-6-12(11)17-13/h3-10,16H,1-2H3. The smallest absolute Gasteiger partial charge is 0.142 e. The normalized spacial score (nSPS) is 12.7. The molecular formula is C15H15N3S. The monoisotopic (exact) mass is 269 g/mol. The molecule has 0 aliphatic heterocycles. The molecule has 1 aromatic carbocycles. The van der Waals surface area contributed by atoms with Crippen LogP contribution >= 0.6 is 11.3 Å². The van der Waals surface area contributed by atoms with E-state index in [9.17, 15) is 0 Å². The second kappa shape index (κ2) is 5.07. The second-order valence-corrected chi connectivity index (χ2v) is 5.34. The van der Waals surface area contributed by atoms with Gasteiger partial charge in [0, 0.05) is 16.8 Å². The fourth-order valence-corrected chi connectivity index (χ4v) is 2.82. The Bertz CT molecular complexity index is 705. The SMILES string of the molecule is CNC(C)c1csc(-c2ccc3ccccc3n2)n1. The van der Waals surface area contributed by atoms with Crippen molar-refractivity contribution in [2.24, 2.45) is 0 Å². The highest BCUT2D eigenvalue weighted by Gasteiger charge is 2.10. The van der Waals surface area contributed by atoms with Gasteiger partial charge in [-0.1, -0.05) is 24.3 Å². The van der Waals surface area contributed by atoms with Crippen LogP contribution in [0, 0.1) is 0 Å². The summed E-state index contributed by atoms with van der Waals surface area (Å²) in [4.78, 5) is 9.32. The van der Waals surface area contributed by atoms with Gasteiger partial charge in [0.1, 0.15) is 5.01 Å². The van der Waals surface area contributed by atoms with Crippen LogP contribution in [0.1, 0.15) is 18.7 Å². The van der Waals surface area contributed by atoms with E-state index in [4.69, 9.17) is 0 Å². The average molecular weight is 269 g/mol. The Morgan fingerprint density at radius 1 is 1.11 bits per heavy atom. The molecule has 0 fully saturated rings. The molecule has 3 nitrogen and oxygen atoms in total. The highest BCUT2D eigenvalue weighted by molar-refractivity contribution is 7.13. The van der Waals surface area contributed by atoms with Gasteiger partial charge < -0.3 is 5.32 Å². The Morgan fingerprint density at radius 2 is 1.95 bits per heavy atom. The minimum atomic E-state index is 0.269. The molecule has 1 N–H and O–H groups in total. The van der Waals surface area contributed by atoms with E-state index in [1.54, 1.807) is 11.3 Å². The van der Waals surface area contributed by atoms with Crippen molar-refractivity contribution in [3.63, 3.8) is 0 Å². The summed E-state index contributed by atoms with van der Waals surface area (Å²) < 4.78 is 0. The largest absolute Gasteiger partial charge is 0.312 e. The van der Waals surface area contributed by atoms with Crippen LogP contribution in [0.25, 0.3) is 21.6 Å². The Kier molecular flexibility index (Phi) is 3.27. The number of aromatic nitrogens is 2. The number of benzene rings is 1. The van der Waals surface area contributed by atoms with Crippen LogP contribution in [0.4, 0.5) is 0 Å². The van der Waals surface area contributed by atoms with Gasteiger partial charge in [-0.3, -0.25) is 0 Å². The number of hydrogen-bond donors (Lipinski definition) is 1. The molecule has 0 spiro atoms. The minimum Gasteiger partial charge on any atom is -0.312 e. The van der Waals surface area contributed by atoms with Crippen molar-refractivity contribution in [2.75, 3.05) is 7.05 Å². The second-order valence-electron chi connectivity index (χ2n) is 4.48. The van der Waals surface area contributed by atoms with Crippen LogP contribution in [-0.2, 0) is 0 Å². The van der Waals surface area contributed by atoms with E-state index >= 15 is 0 Å². The number of nitrogens with one attached hydrogen (secondary N) is 1. The number of pyridine rings is 1. The molecule has 3 rings (SSSR count). The molecule has 0 radical (unpaired) electrons. The summed E-state index contributed by atoms with van der Waals surface area (Å²) >= 11 is 1.64. The summed E-state index contributed by atoms with van der Waals surface area (Å²) in [6.07, 6.45) is 0. The Morgan fingerprint density at radius 3 is 2.79 bits per heavy atom. The molecule has 2 aromatic heterocycles. The predicted octanol–water partition coefficient (Wildman–Crippen LogP) is 3.64. The third-order valence-electron chi connectivity index (χ3n) is 3.22. The van der Waals surface area contributed by atoms with Crippen LogP contribution < -0.4 is 5.32 Å². The molecule has 0 aliphatic carbocycles. The highest BCUT2D eigenvalue weighted by atomic mass is 32.1. The molecule has 1 atom stereocenters. The molecule has 0 bridgehead atoms. The lowest BCUT2D eigenvalue weighted by Gasteiger charge is -2.05. The van der Waals surface area contributed by atoms with Crippen molar-refractivity contribution in [2.45, 2.75) is 13.0 Å². The predicted molar refractivity (Wildman–Crippen MR) is 80.3 cm³/mol. The summed E-state index contributed by atoms with van der Waals surface area (Å²) in [6.45, 7) is 2.10. The molecular weight excluding hydrogens is 254 g/mol. The molecule has 3 aromatic rings. The first kappa shape index (κ1) is 12.3. The first-order valence-electron chi connectivity index (χ1n) is 6.27. The number of nitrogens with zero attached hydrogens (tertiary/aromatic N) is 2. The summed E-state index contributed by atoms with van der Waals surface area (Å²) in [7, 11) is 1.94. The van der Waals surface area contributed by atoms with Crippen molar-refractivity contribution in [1.29, 1.82) is 0 Å². The van der Waals surface area contributed by atoms with Crippen molar-refractivity contribution in [3.05, 3.63) is 47.5 Å². The van der Waals surface area contributed by atoms with E-state index in [-0.39, 0.29) is 6.04 Å². The fourth-order valence-electron chi connectivity index (χ4n) is 1.94. The van der Waals surface area contributed by atoms with E-state index in [2.05, 4.69) is 39.7 Å². The molecule has 0 saturated carbocycles. The maximum Gasteiger partial charge on any atom is 0.142 e. The zero-order valence-electron chi connectivity index (χ0n) is 10.9. The zero-order valence-corrected chi connectivity index (χ0v) is 11.7. The average Bonchev–Trinajstić information content (AvgIpc) is 2.95. The lowest BCUT2D eigenvalue weighted by Crippen LogP contribution is -2.12. The highest BCUT2D eigenvalue weighted by Crippen LogP contribution is 2.26. The van der Waals surface area contributed by atoms with E-state index in [0.717, 1.165) is 27.3 Å². The van der Waals surface area contributed by atoms with Crippen LogP contribution in [0.5, 0.6) is 0 Å². The number of fused-ring (bicyclic) bond motifs is 1. The lowest BCUT2D eigenvalue weighted by atomic mass is 10.2. The lowest BCUT2D eigenvalue weighted by molar-refractivity contribution is 0.637. The van der Waals surface area contributed by atoms with Gasteiger partial charge in [0.2, 0.25) is 0 Å². The maximum absolute atomic E-state index is 4.67. The summed E-state index contributed by atoms with van der Waals surface area (Å²) in [5.74, 6) is 0. The molecule has 96 valence electrons. The summed E-state index contributed by atoms with van der Waals surface area (Å²) in [6, 6.07) is 12.5. The Balaban J connectivity index is 2.01. The topological polar surface area (TPSA) is 37.8 Å². The van der Waals surface area contributed by atoms with Crippen LogP contribution in [0.3, 0.4) is 0 Å². The fraction of sp³-hybridized carbons (Fsp3) is 0.200. The molecule has 0 aliphatic rings. The summed E-state index contributed by atoms with van der Waals surface area (Å²) in [5.41, 5.74) is 3.02. The van der Waals surface area contributed by atoms with Crippen molar-refractivity contribution in [1.82, 2.24) is 15.3 Å². The van der Waals surface area contributed by atoms with E-state index in [0.29, 0.717) is 0 Å². The Hall–Kier alpha value is -1.78. The van der Waals surface area contributed by atoms with Gasteiger partial charge in [0.05, 0.1) is 16.9 Å². The van der Waals surface area contributed by atoms with E-state index in [1.807, 2.05) is 31.3 Å². The quantitative estimate of drug-likeness (QED) is 0.789. The van der Waals surface area contributed by atoms with Gasteiger partial charge in [0.15, 0.2) is 0 Å². The number of hydrogen-bond acceptors (Lipinski definition) is 4. The van der Waals surface area contributed by atoms with Gasteiger partial charge in [-0.05, 0) is 26.1 Å². The third-order valence-corrected chi connectivity index (χ3v) is 4.10. The van der Waals surface area contributed by atoms with Crippen LogP contribution in [0.15, 0.2) is 41.8 Å². The summed E-state index contributed by atoms with van der Waals surface area (Å²) in [5, 5.41) is 7.42.